The maximum Gasteiger partial charge on any atom is 0.284 e. The number of nitrogens with zero attached hydrogens (tertiary/aromatic N) is 1. The first kappa shape index (κ1) is 18.8. The average Bonchev–Trinajstić information content (AvgIpc) is 2.61. The van der Waals surface area contributed by atoms with E-state index in [2.05, 4.69) is 31.3 Å². The number of phenols is 1. The molecule has 2 aromatic carbocycles. The number of amides is 1. The van der Waals surface area contributed by atoms with Gasteiger partial charge in [-0.3, -0.25) is 4.79 Å². The van der Waals surface area contributed by atoms with Gasteiger partial charge >= 0.3 is 0 Å². The van der Waals surface area contributed by atoms with Crippen LogP contribution >= 0.6 is 0 Å². The second-order valence-electron chi connectivity index (χ2n) is 7.63. The van der Waals surface area contributed by atoms with Crippen LogP contribution in [0.15, 0.2) is 41.5 Å². The van der Waals surface area contributed by atoms with Gasteiger partial charge in [-0.15, -0.1) is 0 Å². The lowest BCUT2D eigenvalue weighted by atomic mass is 9.87. The number of rotatable bonds is 3. The number of aromatic hydroxyl groups is 1. The Bertz CT molecular complexity index is 884. The Balaban J connectivity index is 1.66. The number of phenolic OH excluding ortho intramolecular Hbond substituents is 1. The summed E-state index contributed by atoms with van der Waals surface area (Å²) in [6.07, 6.45) is 0.596. The minimum absolute atomic E-state index is 0.0338. The number of aryl methyl sites for hydroxylation is 1. The first-order chi connectivity index (χ1) is 12.7. The quantitative estimate of drug-likeness (QED) is 0.644. The number of hydrogen-bond donors (Lipinski definition) is 2. The van der Waals surface area contributed by atoms with Crippen LogP contribution in [0.2, 0.25) is 0 Å². The summed E-state index contributed by atoms with van der Waals surface area (Å²) in [5, 5.41) is 13.8. The molecule has 3 rings (SSSR count). The summed E-state index contributed by atoms with van der Waals surface area (Å²) in [7, 11) is 0. The van der Waals surface area contributed by atoms with Crippen LogP contribution in [-0.4, -0.2) is 29.9 Å². The zero-order valence-corrected chi connectivity index (χ0v) is 15.9. The molecule has 2 aromatic rings. The second kappa shape index (κ2) is 7.31. The van der Waals surface area contributed by atoms with Gasteiger partial charge in [0.15, 0.2) is 11.5 Å². The van der Waals surface area contributed by atoms with Gasteiger partial charge in [-0.05, 0) is 47.7 Å². The molecule has 1 unspecified atom stereocenters. The van der Waals surface area contributed by atoms with Crippen molar-refractivity contribution < 1.29 is 19.4 Å². The molecular formula is C21H24N2O4. The molecule has 0 aliphatic carbocycles. The van der Waals surface area contributed by atoms with E-state index >= 15 is 0 Å². The highest BCUT2D eigenvalue weighted by Crippen LogP contribution is 2.36. The molecule has 0 aromatic heterocycles. The molecule has 1 heterocycles. The van der Waals surface area contributed by atoms with Gasteiger partial charge in [0.25, 0.3) is 5.91 Å². The van der Waals surface area contributed by atoms with Crippen LogP contribution in [0.25, 0.3) is 0 Å². The highest BCUT2D eigenvalue weighted by Gasteiger charge is 2.28. The van der Waals surface area contributed by atoms with E-state index in [1.807, 2.05) is 31.2 Å². The van der Waals surface area contributed by atoms with Crippen LogP contribution in [0.4, 0.5) is 0 Å². The number of carbonyl (C=O) groups excluding carboxylic acids is 1. The van der Waals surface area contributed by atoms with E-state index in [1.54, 1.807) is 12.1 Å². The normalized spacial score (nSPS) is 16.4. The molecule has 1 atom stereocenters. The van der Waals surface area contributed by atoms with Crippen LogP contribution in [0.5, 0.6) is 17.2 Å². The lowest BCUT2D eigenvalue weighted by Gasteiger charge is -2.27. The molecule has 1 amide bonds. The van der Waals surface area contributed by atoms with Crippen molar-refractivity contribution in [2.75, 3.05) is 6.61 Å². The second-order valence-corrected chi connectivity index (χ2v) is 7.63. The molecule has 0 bridgehead atoms. The summed E-state index contributed by atoms with van der Waals surface area (Å²) in [4.78, 5) is 12.3. The summed E-state index contributed by atoms with van der Waals surface area (Å²) in [6, 6.07) is 11.0. The maximum absolute atomic E-state index is 12.3. The Morgan fingerprint density at radius 2 is 2.00 bits per heavy atom. The number of hydrogen-bond acceptors (Lipinski definition) is 5. The zero-order valence-electron chi connectivity index (χ0n) is 15.9. The highest BCUT2D eigenvalue weighted by molar-refractivity contribution is 5.86. The van der Waals surface area contributed by atoms with E-state index in [0.717, 1.165) is 11.1 Å². The topological polar surface area (TPSA) is 80.2 Å². The van der Waals surface area contributed by atoms with Crippen molar-refractivity contribution >= 4 is 12.1 Å². The molecule has 27 heavy (non-hydrogen) atoms. The molecule has 0 radical (unpaired) electrons. The van der Waals surface area contributed by atoms with Crippen LogP contribution < -0.4 is 14.9 Å². The standard InChI is InChI=1S/C21H24N2O4/c1-13-5-6-14(16(24)9-13)11-22-23-20(25)19-12-26-17-8-7-15(21(2,3)4)10-18(17)27-19/h5-11,19,24H,12H2,1-4H3,(H,23,25)/b22-11-. The Morgan fingerprint density at radius 3 is 2.70 bits per heavy atom. The lowest BCUT2D eigenvalue weighted by molar-refractivity contribution is -0.130. The molecule has 6 nitrogen and oxygen atoms in total. The Morgan fingerprint density at radius 1 is 1.22 bits per heavy atom. The number of hydrazone groups is 1. The SMILES string of the molecule is Cc1ccc(/C=N\NC(=O)C2COc3ccc(C(C)(C)C)cc3O2)c(O)c1. The zero-order chi connectivity index (χ0) is 19.6. The van der Waals surface area contributed by atoms with Gasteiger partial charge in [0.2, 0.25) is 6.10 Å². The van der Waals surface area contributed by atoms with Gasteiger partial charge in [0.05, 0.1) is 6.21 Å². The molecule has 0 saturated carbocycles. The minimum Gasteiger partial charge on any atom is -0.507 e. The molecule has 1 aliphatic heterocycles. The number of fused-ring (bicyclic) bond motifs is 1. The van der Waals surface area contributed by atoms with Gasteiger partial charge < -0.3 is 14.6 Å². The van der Waals surface area contributed by atoms with Gasteiger partial charge in [0.1, 0.15) is 12.4 Å². The van der Waals surface area contributed by atoms with Crippen LogP contribution in [0.1, 0.15) is 37.5 Å². The summed E-state index contributed by atoms with van der Waals surface area (Å²) in [6.45, 7) is 8.32. The van der Waals surface area contributed by atoms with Crippen LogP contribution in [0, 0.1) is 6.92 Å². The molecule has 2 N–H and O–H groups in total. The van der Waals surface area contributed by atoms with E-state index in [1.165, 1.54) is 6.21 Å². The monoisotopic (exact) mass is 368 g/mol. The molecule has 0 saturated heterocycles. The predicted molar refractivity (Wildman–Crippen MR) is 104 cm³/mol. The molecule has 0 spiro atoms. The molecule has 0 fully saturated rings. The van der Waals surface area contributed by atoms with Crippen molar-refractivity contribution in [3.63, 3.8) is 0 Å². The number of carbonyl (C=O) groups is 1. The third-order valence-corrected chi connectivity index (χ3v) is 4.33. The summed E-state index contributed by atoms with van der Waals surface area (Å²) >= 11 is 0. The average molecular weight is 368 g/mol. The number of nitrogens with one attached hydrogen (secondary N) is 1. The number of benzene rings is 2. The fourth-order valence-electron chi connectivity index (χ4n) is 2.67. The van der Waals surface area contributed by atoms with Crippen molar-refractivity contribution in [1.29, 1.82) is 0 Å². The minimum atomic E-state index is -0.795. The van der Waals surface area contributed by atoms with E-state index in [-0.39, 0.29) is 17.8 Å². The third kappa shape index (κ3) is 4.39. The Kier molecular flexibility index (Phi) is 5.08. The predicted octanol–water partition coefficient (Wildman–Crippen LogP) is 3.29. The molecular weight excluding hydrogens is 344 g/mol. The van der Waals surface area contributed by atoms with E-state index in [9.17, 15) is 9.90 Å². The number of ether oxygens (including phenoxy) is 2. The van der Waals surface area contributed by atoms with Crippen molar-refractivity contribution in [1.82, 2.24) is 5.43 Å². The smallest absolute Gasteiger partial charge is 0.284 e. The maximum atomic E-state index is 12.3. The van der Waals surface area contributed by atoms with Crippen molar-refractivity contribution in [2.45, 2.75) is 39.2 Å². The van der Waals surface area contributed by atoms with Crippen molar-refractivity contribution in [3.05, 3.63) is 53.1 Å². The van der Waals surface area contributed by atoms with Crippen LogP contribution in [-0.2, 0) is 10.2 Å². The Hall–Kier alpha value is -3.02. The van der Waals surface area contributed by atoms with E-state index < -0.39 is 12.0 Å². The largest absolute Gasteiger partial charge is 0.507 e. The van der Waals surface area contributed by atoms with Gasteiger partial charge in [-0.2, -0.15) is 5.10 Å². The summed E-state index contributed by atoms with van der Waals surface area (Å²) < 4.78 is 11.5. The van der Waals surface area contributed by atoms with E-state index in [0.29, 0.717) is 17.1 Å². The van der Waals surface area contributed by atoms with Gasteiger partial charge in [-0.25, -0.2) is 5.43 Å². The molecule has 6 heteroatoms. The van der Waals surface area contributed by atoms with Crippen molar-refractivity contribution in [2.24, 2.45) is 5.10 Å². The van der Waals surface area contributed by atoms with Gasteiger partial charge in [0, 0.05) is 5.56 Å². The third-order valence-electron chi connectivity index (χ3n) is 4.33. The van der Waals surface area contributed by atoms with Crippen molar-refractivity contribution in [3.8, 4) is 17.2 Å². The Labute approximate surface area is 158 Å². The summed E-state index contributed by atoms with van der Waals surface area (Å²) in [5.41, 5.74) is 4.95. The molecule has 142 valence electrons. The first-order valence-corrected chi connectivity index (χ1v) is 8.80. The highest BCUT2D eigenvalue weighted by atomic mass is 16.6. The fraction of sp³-hybridized carbons (Fsp3) is 0.333. The van der Waals surface area contributed by atoms with E-state index in [4.69, 9.17) is 9.47 Å². The summed E-state index contributed by atoms with van der Waals surface area (Å²) in [5.74, 6) is 0.868. The van der Waals surface area contributed by atoms with Crippen LogP contribution in [0.3, 0.4) is 0 Å². The fourth-order valence-corrected chi connectivity index (χ4v) is 2.67. The first-order valence-electron chi connectivity index (χ1n) is 8.80. The molecule has 1 aliphatic rings. The lowest BCUT2D eigenvalue weighted by Crippen LogP contribution is -2.42. The van der Waals surface area contributed by atoms with Gasteiger partial charge in [-0.1, -0.05) is 32.9 Å².